The van der Waals surface area contributed by atoms with Crippen molar-refractivity contribution in [2.24, 2.45) is 7.05 Å². The first-order valence-corrected chi connectivity index (χ1v) is 15.0. The highest BCUT2D eigenvalue weighted by Crippen LogP contribution is 2.38. The van der Waals surface area contributed by atoms with Crippen molar-refractivity contribution in [1.29, 1.82) is 0 Å². The van der Waals surface area contributed by atoms with Gasteiger partial charge in [-0.25, -0.2) is 19.1 Å². The van der Waals surface area contributed by atoms with Gasteiger partial charge in [0.15, 0.2) is 11.9 Å². The lowest BCUT2D eigenvalue weighted by Gasteiger charge is -2.28. The number of aromatic nitrogens is 5. The van der Waals surface area contributed by atoms with Gasteiger partial charge in [-0.15, -0.1) is 0 Å². The van der Waals surface area contributed by atoms with E-state index in [4.69, 9.17) is 34.1 Å². The fraction of sp³-hybridized carbons (Fsp3) is 0.613. The van der Waals surface area contributed by atoms with Crippen LogP contribution in [0, 0.1) is 0 Å². The Kier molecular flexibility index (Phi) is 8.89. The third-order valence-electron chi connectivity index (χ3n) is 7.36. The Labute approximate surface area is 247 Å². The number of carbonyl (C=O) groups excluding carboxylic acids is 1. The van der Waals surface area contributed by atoms with Crippen LogP contribution in [0.15, 0.2) is 18.8 Å². The minimum absolute atomic E-state index is 0.138. The van der Waals surface area contributed by atoms with Gasteiger partial charge in [0.2, 0.25) is 5.88 Å². The zero-order chi connectivity index (χ0) is 30.0. The Morgan fingerprint density at radius 1 is 1.26 bits per heavy atom. The van der Waals surface area contributed by atoms with Crippen LogP contribution in [0.3, 0.4) is 0 Å². The molecule has 2 atom stereocenters. The van der Waals surface area contributed by atoms with Crippen molar-refractivity contribution < 1.29 is 23.7 Å². The van der Waals surface area contributed by atoms with E-state index in [1.165, 1.54) is 0 Å². The Morgan fingerprint density at radius 3 is 2.69 bits per heavy atom. The van der Waals surface area contributed by atoms with Crippen LogP contribution in [-0.4, -0.2) is 73.0 Å². The van der Waals surface area contributed by atoms with Crippen LogP contribution < -0.4 is 4.74 Å². The van der Waals surface area contributed by atoms with E-state index in [9.17, 15) is 4.79 Å². The van der Waals surface area contributed by atoms with Crippen LogP contribution in [0.4, 0.5) is 4.79 Å². The summed E-state index contributed by atoms with van der Waals surface area (Å²) in [4.78, 5) is 19.3. The molecule has 1 amide bonds. The quantitative estimate of drug-likeness (QED) is 0.277. The monoisotopic (exact) mass is 580 g/mol. The van der Waals surface area contributed by atoms with Crippen molar-refractivity contribution in [3.8, 4) is 17.0 Å². The maximum Gasteiger partial charge on any atom is 0.410 e. The van der Waals surface area contributed by atoms with Gasteiger partial charge in [-0.05, 0) is 78.9 Å². The molecule has 5 rings (SSSR count). The van der Waals surface area contributed by atoms with E-state index in [-0.39, 0.29) is 24.5 Å². The molecule has 1 aliphatic carbocycles. The van der Waals surface area contributed by atoms with E-state index in [0.717, 1.165) is 72.3 Å². The molecule has 1 saturated carbocycles. The van der Waals surface area contributed by atoms with E-state index in [0.29, 0.717) is 25.6 Å². The first kappa shape index (κ1) is 30.0. The fourth-order valence-electron chi connectivity index (χ4n) is 5.17. The van der Waals surface area contributed by atoms with Gasteiger partial charge < -0.3 is 23.8 Å². The summed E-state index contributed by atoms with van der Waals surface area (Å²) in [6, 6.07) is 2.07. The largest absolute Gasteiger partial charge is 0.472 e. The summed E-state index contributed by atoms with van der Waals surface area (Å²) in [6.45, 7) is 15.4. The number of aryl methyl sites for hydroxylation is 1. The lowest BCUT2D eigenvalue weighted by atomic mass is 10.1. The summed E-state index contributed by atoms with van der Waals surface area (Å²) < 4.78 is 27.8. The van der Waals surface area contributed by atoms with Crippen molar-refractivity contribution in [3.05, 3.63) is 30.2 Å². The van der Waals surface area contributed by atoms with Gasteiger partial charge in [0.1, 0.15) is 17.4 Å². The van der Waals surface area contributed by atoms with Gasteiger partial charge >= 0.3 is 6.09 Å². The minimum Gasteiger partial charge on any atom is -0.472 e. The molecule has 0 N–H and O–H groups in total. The summed E-state index contributed by atoms with van der Waals surface area (Å²) in [5.74, 6) is 0.585. The SMILES string of the molecule is C=Cc1nn(C2CCCCO2)c2ncc(-c3c(COC4CC4)nn(C)c3O[C@@H](C)CN(CC)C(=O)OC(C)(C)C)cc12. The molecule has 11 nitrogen and oxygen atoms in total. The normalized spacial score (nSPS) is 18.2. The highest BCUT2D eigenvalue weighted by atomic mass is 16.6. The molecule has 0 radical (unpaired) electrons. The number of amides is 1. The molecule has 1 unspecified atom stereocenters. The van der Waals surface area contributed by atoms with Gasteiger partial charge in [0.05, 0.1) is 30.5 Å². The van der Waals surface area contributed by atoms with Crippen molar-refractivity contribution >= 4 is 23.2 Å². The summed E-state index contributed by atoms with van der Waals surface area (Å²) in [7, 11) is 1.86. The van der Waals surface area contributed by atoms with Gasteiger partial charge in [0, 0.05) is 37.3 Å². The molecule has 2 fully saturated rings. The number of nitrogens with zero attached hydrogens (tertiary/aromatic N) is 6. The van der Waals surface area contributed by atoms with Gasteiger partial charge in [0.25, 0.3) is 0 Å². The molecular weight excluding hydrogens is 536 g/mol. The van der Waals surface area contributed by atoms with Gasteiger partial charge in [-0.1, -0.05) is 6.58 Å². The zero-order valence-corrected chi connectivity index (χ0v) is 25.8. The Balaban J connectivity index is 1.47. The van der Waals surface area contributed by atoms with Crippen molar-refractivity contribution in [1.82, 2.24) is 29.4 Å². The number of pyridine rings is 1. The number of ether oxygens (including phenoxy) is 4. The molecule has 0 aromatic carbocycles. The van der Waals surface area contributed by atoms with E-state index in [2.05, 4.69) is 12.6 Å². The first-order valence-electron chi connectivity index (χ1n) is 15.0. The van der Waals surface area contributed by atoms with E-state index >= 15 is 0 Å². The maximum atomic E-state index is 12.8. The first-order chi connectivity index (χ1) is 20.1. The Morgan fingerprint density at radius 2 is 2.05 bits per heavy atom. The van der Waals surface area contributed by atoms with E-state index in [1.54, 1.807) is 15.7 Å². The smallest absolute Gasteiger partial charge is 0.410 e. The molecule has 3 aromatic rings. The third kappa shape index (κ3) is 6.78. The van der Waals surface area contributed by atoms with E-state index in [1.807, 2.05) is 52.5 Å². The summed E-state index contributed by atoms with van der Waals surface area (Å²) in [6.07, 6.45) is 8.21. The summed E-state index contributed by atoms with van der Waals surface area (Å²) >= 11 is 0. The molecule has 1 aliphatic heterocycles. The van der Waals surface area contributed by atoms with E-state index < -0.39 is 5.60 Å². The van der Waals surface area contributed by atoms with Crippen LogP contribution in [0.25, 0.3) is 28.2 Å². The second-order valence-corrected chi connectivity index (χ2v) is 12.2. The summed E-state index contributed by atoms with van der Waals surface area (Å²) in [5.41, 5.74) is 3.37. The Hall–Kier alpha value is -3.44. The van der Waals surface area contributed by atoms with Crippen molar-refractivity contribution in [3.63, 3.8) is 0 Å². The highest BCUT2D eigenvalue weighted by molar-refractivity contribution is 5.89. The average molecular weight is 581 g/mol. The van der Waals surface area contributed by atoms with Crippen molar-refractivity contribution in [2.45, 2.75) is 97.4 Å². The van der Waals surface area contributed by atoms with Crippen LogP contribution >= 0.6 is 0 Å². The van der Waals surface area contributed by atoms with Crippen LogP contribution in [-0.2, 0) is 27.9 Å². The number of hydrogen-bond donors (Lipinski definition) is 0. The second-order valence-electron chi connectivity index (χ2n) is 12.2. The predicted molar refractivity (Wildman–Crippen MR) is 160 cm³/mol. The topological polar surface area (TPSA) is 106 Å². The second kappa shape index (κ2) is 12.4. The van der Waals surface area contributed by atoms with Gasteiger partial charge in [-0.2, -0.15) is 10.2 Å². The van der Waals surface area contributed by atoms with Crippen molar-refractivity contribution in [2.75, 3.05) is 19.7 Å². The zero-order valence-electron chi connectivity index (χ0n) is 25.8. The number of hydrogen-bond acceptors (Lipinski definition) is 8. The number of fused-ring (bicyclic) bond motifs is 1. The molecule has 0 bridgehead atoms. The number of rotatable bonds is 11. The van der Waals surface area contributed by atoms with Crippen LogP contribution in [0.2, 0.25) is 0 Å². The Bertz CT molecular complexity index is 1410. The molecular formula is C31H44N6O5. The van der Waals surface area contributed by atoms with Crippen LogP contribution in [0.1, 0.15) is 84.3 Å². The molecule has 1 saturated heterocycles. The third-order valence-corrected chi connectivity index (χ3v) is 7.36. The minimum atomic E-state index is -0.576. The average Bonchev–Trinajstić information content (AvgIpc) is 3.64. The standard InChI is InChI=1S/C31H44N6O5/c1-8-24-23-16-21(17-32-28(23)37(34-24)26-12-10-11-15-39-26)27-25(19-40-22-13-14-22)33-35(7)29(27)41-20(3)18-36(9-2)30(38)42-31(4,5)6/h8,16-17,20,22,26H,1,9-15,18-19H2,2-7H3/t20-,26?/m0/s1. The predicted octanol–water partition coefficient (Wildman–Crippen LogP) is 5.88. The molecule has 11 heteroatoms. The number of likely N-dealkylation sites (N-methyl/N-ethyl adjacent to an activating group) is 1. The number of carbonyl (C=O) groups is 1. The molecule has 0 spiro atoms. The molecule has 3 aromatic heterocycles. The lowest BCUT2D eigenvalue weighted by molar-refractivity contribution is -0.0370. The van der Waals surface area contributed by atoms with Crippen LogP contribution in [0.5, 0.6) is 5.88 Å². The summed E-state index contributed by atoms with van der Waals surface area (Å²) in [5, 5.41) is 10.5. The molecule has 228 valence electrons. The maximum absolute atomic E-state index is 12.8. The molecule has 4 heterocycles. The molecule has 42 heavy (non-hydrogen) atoms. The fourth-order valence-corrected chi connectivity index (χ4v) is 5.17. The molecule has 2 aliphatic rings. The van der Waals surface area contributed by atoms with Gasteiger partial charge in [-0.3, -0.25) is 0 Å². The lowest BCUT2D eigenvalue weighted by Crippen LogP contribution is -2.41. The highest BCUT2D eigenvalue weighted by Gasteiger charge is 2.29.